The molecule has 21 heavy (non-hydrogen) atoms. The Morgan fingerprint density at radius 1 is 0.952 bits per heavy atom. The van der Waals surface area contributed by atoms with E-state index in [1.807, 2.05) is 42.5 Å². The van der Waals surface area contributed by atoms with Crippen LogP contribution in [0.25, 0.3) is 0 Å². The minimum atomic E-state index is -0.418. The number of methoxy groups -OCH3 is 2. The van der Waals surface area contributed by atoms with Gasteiger partial charge in [-0.15, -0.1) is 0 Å². The molecule has 4 heteroatoms. The molecule has 1 unspecified atom stereocenters. The maximum atomic E-state index is 10.2. The van der Waals surface area contributed by atoms with Gasteiger partial charge in [0.25, 0.3) is 0 Å². The van der Waals surface area contributed by atoms with Crippen LogP contribution in [-0.2, 0) is 12.8 Å². The highest BCUT2D eigenvalue weighted by Gasteiger charge is 2.09. The second-order valence-electron chi connectivity index (χ2n) is 4.88. The molecule has 0 saturated carbocycles. The van der Waals surface area contributed by atoms with Crippen molar-refractivity contribution in [2.45, 2.75) is 18.9 Å². The van der Waals surface area contributed by atoms with Crippen LogP contribution in [0.5, 0.6) is 11.5 Å². The zero-order chi connectivity index (χ0) is 15.2. The van der Waals surface area contributed by atoms with E-state index in [1.54, 1.807) is 14.2 Å². The summed E-state index contributed by atoms with van der Waals surface area (Å²) in [6.07, 6.45) is 0.807. The van der Waals surface area contributed by atoms with Crippen molar-refractivity contribution in [3.05, 3.63) is 58.1 Å². The fourth-order valence-corrected chi connectivity index (χ4v) is 2.80. The van der Waals surface area contributed by atoms with Crippen molar-refractivity contribution in [1.29, 1.82) is 0 Å². The number of halogens is 1. The van der Waals surface area contributed by atoms with Crippen molar-refractivity contribution in [2.24, 2.45) is 0 Å². The summed E-state index contributed by atoms with van der Waals surface area (Å²) in [5, 5.41) is 10.2. The lowest BCUT2D eigenvalue weighted by atomic mass is 10.0. The lowest BCUT2D eigenvalue weighted by molar-refractivity contribution is 0.175. The van der Waals surface area contributed by atoms with Gasteiger partial charge in [-0.3, -0.25) is 0 Å². The maximum absolute atomic E-state index is 10.2. The summed E-state index contributed by atoms with van der Waals surface area (Å²) >= 11 is 3.46. The Balaban J connectivity index is 1.97. The van der Waals surface area contributed by atoms with Crippen molar-refractivity contribution in [3.8, 4) is 11.5 Å². The van der Waals surface area contributed by atoms with E-state index in [1.165, 1.54) is 0 Å². The predicted octanol–water partition coefficient (Wildman–Crippen LogP) is 3.61. The third-order valence-electron chi connectivity index (χ3n) is 3.32. The van der Waals surface area contributed by atoms with Crippen LogP contribution in [-0.4, -0.2) is 25.4 Å². The first kappa shape index (κ1) is 15.9. The van der Waals surface area contributed by atoms with Gasteiger partial charge in [0.15, 0.2) is 0 Å². The monoisotopic (exact) mass is 350 g/mol. The van der Waals surface area contributed by atoms with Gasteiger partial charge in [-0.1, -0.05) is 18.2 Å². The van der Waals surface area contributed by atoms with Crippen LogP contribution >= 0.6 is 15.9 Å². The van der Waals surface area contributed by atoms with Gasteiger partial charge < -0.3 is 14.6 Å². The van der Waals surface area contributed by atoms with Crippen LogP contribution in [0, 0.1) is 0 Å². The van der Waals surface area contributed by atoms with E-state index in [0.717, 1.165) is 27.1 Å². The molecule has 0 spiro atoms. The molecule has 0 heterocycles. The number of rotatable bonds is 6. The van der Waals surface area contributed by atoms with E-state index in [0.29, 0.717) is 12.8 Å². The summed E-state index contributed by atoms with van der Waals surface area (Å²) in [5.41, 5.74) is 2.17. The summed E-state index contributed by atoms with van der Waals surface area (Å²) < 4.78 is 11.2. The van der Waals surface area contributed by atoms with Gasteiger partial charge in [0.2, 0.25) is 0 Å². The molecule has 1 N–H and O–H groups in total. The number of aliphatic hydroxyl groups is 1. The van der Waals surface area contributed by atoms with Gasteiger partial charge in [0.1, 0.15) is 11.5 Å². The number of hydrogen-bond donors (Lipinski definition) is 1. The first-order valence-electron chi connectivity index (χ1n) is 6.75. The molecule has 0 aliphatic carbocycles. The Morgan fingerprint density at radius 2 is 1.57 bits per heavy atom. The number of aliphatic hydroxyl groups excluding tert-OH is 1. The smallest absolute Gasteiger partial charge is 0.133 e. The molecule has 2 aromatic carbocycles. The van der Waals surface area contributed by atoms with Crippen molar-refractivity contribution >= 4 is 15.9 Å². The summed E-state index contributed by atoms with van der Waals surface area (Å²) in [7, 11) is 3.28. The normalized spacial score (nSPS) is 12.0. The molecule has 0 aliphatic heterocycles. The maximum Gasteiger partial charge on any atom is 0.133 e. The lowest BCUT2D eigenvalue weighted by Crippen LogP contribution is -2.13. The second kappa shape index (κ2) is 7.48. The SMILES string of the molecule is COc1ccc(CC(O)Cc2ccc(OC)c(Br)c2)cc1. The molecule has 0 amide bonds. The number of benzene rings is 2. The van der Waals surface area contributed by atoms with Crippen molar-refractivity contribution < 1.29 is 14.6 Å². The number of ether oxygens (including phenoxy) is 2. The van der Waals surface area contributed by atoms with Crippen LogP contribution < -0.4 is 9.47 Å². The van der Waals surface area contributed by atoms with E-state index in [4.69, 9.17) is 9.47 Å². The van der Waals surface area contributed by atoms with Crippen LogP contribution in [0.4, 0.5) is 0 Å². The molecule has 2 rings (SSSR count). The Hall–Kier alpha value is -1.52. The fraction of sp³-hybridized carbons (Fsp3) is 0.294. The topological polar surface area (TPSA) is 38.7 Å². The van der Waals surface area contributed by atoms with Gasteiger partial charge in [-0.25, -0.2) is 0 Å². The zero-order valence-electron chi connectivity index (χ0n) is 12.2. The quantitative estimate of drug-likeness (QED) is 0.864. The summed E-state index contributed by atoms with van der Waals surface area (Å²) in [5.74, 6) is 1.62. The van der Waals surface area contributed by atoms with Crippen LogP contribution in [0.1, 0.15) is 11.1 Å². The molecule has 0 radical (unpaired) electrons. The zero-order valence-corrected chi connectivity index (χ0v) is 13.8. The van der Waals surface area contributed by atoms with E-state index < -0.39 is 6.10 Å². The third-order valence-corrected chi connectivity index (χ3v) is 3.94. The van der Waals surface area contributed by atoms with Crippen LogP contribution in [0.2, 0.25) is 0 Å². The highest BCUT2D eigenvalue weighted by atomic mass is 79.9. The highest BCUT2D eigenvalue weighted by Crippen LogP contribution is 2.26. The highest BCUT2D eigenvalue weighted by molar-refractivity contribution is 9.10. The second-order valence-corrected chi connectivity index (χ2v) is 5.73. The average molecular weight is 351 g/mol. The number of hydrogen-bond acceptors (Lipinski definition) is 3. The van der Waals surface area contributed by atoms with E-state index in [9.17, 15) is 5.11 Å². The molecule has 0 saturated heterocycles. The Morgan fingerprint density at radius 3 is 2.14 bits per heavy atom. The molecule has 0 aromatic heterocycles. The molecule has 112 valence electrons. The van der Waals surface area contributed by atoms with Crippen molar-refractivity contribution in [3.63, 3.8) is 0 Å². The van der Waals surface area contributed by atoms with Gasteiger partial charge in [0.05, 0.1) is 24.8 Å². The minimum absolute atomic E-state index is 0.418. The fourth-order valence-electron chi connectivity index (χ4n) is 2.21. The van der Waals surface area contributed by atoms with Gasteiger partial charge >= 0.3 is 0 Å². The summed E-state index contributed by atoms with van der Waals surface area (Å²) in [4.78, 5) is 0. The Labute approximate surface area is 133 Å². The van der Waals surface area contributed by atoms with Crippen molar-refractivity contribution in [2.75, 3.05) is 14.2 Å². The first-order chi connectivity index (χ1) is 10.1. The molecular formula is C17H19BrO3. The van der Waals surface area contributed by atoms with Gasteiger partial charge in [-0.2, -0.15) is 0 Å². The van der Waals surface area contributed by atoms with E-state index in [2.05, 4.69) is 15.9 Å². The first-order valence-corrected chi connectivity index (χ1v) is 7.55. The molecule has 3 nitrogen and oxygen atoms in total. The van der Waals surface area contributed by atoms with E-state index >= 15 is 0 Å². The van der Waals surface area contributed by atoms with Crippen molar-refractivity contribution in [1.82, 2.24) is 0 Å². The molecule has 0 bridgehead atoms. The van der Waals surface area contributed by atoms with Gasteiger partial charge in [-0.05, 0) is 64.2 Å². The predicted molar refractivity (Wildman–Crippen MR) is 87.1 cm³/mol. The molecule has 1 atom stereocenters. The molecule has 0 fully saturated rings. The lowest BCUT2D eigenvalue weighted by Gasteiger charge is -2.12. The molecule has 2 aromatic rings. The summed E-state index contributed by atoms with van der Waals surface area (Å²) in [6.45, 7) is 0. The molecule has 0 aliphatic rings. The molecular weight excluding hydrogens is 332 g/mol. The standard InChI is InChI=1S/C17H19BrO3/c1-20-15-6-3-12(4-7-15)9-14(19)10-13-5-8-17(21-2)16(18)11-13/h3-8,11,14,19H,9-10H2,1-2H3. The van der Waals surface area contributed by atoms with Crippen LogP contribution in [0.15, 0.2) is 46.9 Å². The third kappa shape index (κ3) is 4.48. The minimum Gasteiger partial charge on any atom is -0.497 e. The average Bonchev–Trinajstić information content (AvgIpc) is 2.48. The largest absolute Gasteiger partial charge is 0.497 e. The summed E-state index contributed by atoms with van der Waals surface area (Å²) in [6, 6.07) is 13.6. The van der Waals surface area contributed by atoms with Crippen LogP contribution in [0.3, 0.4) is 0 Å². The van der Waals surface area contributed by atoms with Gasteiger partial charge in [0, 0.05) is 0 Å². The Bertz CT molecular complexity index is 581. The Kier molecular flexibility index (Phi) is 5.65. The van der Waals surface area contributed by atoms with E-state index in [-0.39, 0.29) is 0 Å².